The fourth-order valence-electron chi connectivity index (χ4n) is 2.02. The van der Waals surface area contributed by atoms with Gasteiger partial charge in [0.25, 0.3) is 5.91 Å². The number of nitrogens with one attached hydrogen (secondary N) is 1. The molecule has 2 rings (SSSR count). The van der Waals surface area contributed by atoms with E-state index in [9.17, 15) is 14.0 Å². The normalized spacial score (nSPS) is 10.5. The van der Waals surface area contributed by atoms with Gasteiger partial charge < -0.3 is 10.4 Å². The van der Waals surface area contributed by atoms with Crippen LogP contribution in [0.3, 0.4) is 0 Å². The van der Waals surface area contributed by atoms with Gasteiger partial charge in [0.1, 0.15) is 5.82 Å². The Morgan fingerprint density at radius 3 is 2.64 bits per heavy atom. The molecule has 0 aliphatic heterocycles. The topological polar surface area (TPSA) is 79.3 Å². The van der Waals surface area contributed by atoms with Crippen molar-refractivity contribution in [3.8, 4) is 0 Å². The first-order valence-electron chi connectivity index (χ1n) is 6.62. The van der Waals surface area contributed by atoms with Crippen LogP contribution in [-0.2, 0) is 6.42 Å². The molecule has 0 saturated carbocycles. The van der Waals surface area contributed by atoms with E-state index in [2.05, 4.69) is 10.3 Å². The molecule has 2 N–H and O–H groups in total. The van der Waals surface area contributed by atoms with E-state index in [-0.39, 0.29) is 11.1 Å². The highest BCUT2D eigenvalue weighted by Gasteiger charge is 2.14. The summed E-state index contributed by atoms with van der Waals surface area (Å²) in [7, 11) is 0. The van der Waals surface area contributed by atoms with Crippen LogP contribution in [-0.4, -0.2) is 28.5 Å². The Kier molecular flexibility index (Phi) is 4.87. The van der Waals surface area contributed by atoms with Crippen LogP contribution in [0.1, 0.15) is 36.3 Å². The molecule has 1 heterocycles. The van der Waals surface area contributed by atoms with E-state index in [1.165, 1.54) is 12.1 Å². The summed E-state index contributed by atoms with van der Waals surface area (Å²) in [6, 6.07) is 3.22. The first-order chi connectivity index (χ1) is 10.4. The van der Waals surface area contributed by atoms with Crippen LogP contribution in [0, 0.1) is 19.7 Å². The van der Waals surface area contributed by atoms with Crippen molar-refractivity contribution in [2.75, 3.05) is 6.54 Å². The van der Waals surface area contributed by atoms with Gasteiger partial charge in [0.2, 0.25) is 0 Å². The van der Waals surface area contributed by atoms with Gasteiger partial charge in [0, 0.05) is 17.8 Å². The minimum atomic E-state index is -1.23. The SMILES string of the molecule is Cc1nc(C)c(CCNC(=O)c2ccc(C(=O)O)cc2F)s1. The van der Waals surface area contributed by atoms with Gasteiger partial charge in [-0.1, -0.05) is 0 Å². The van der Waals surface area contributed by atoms with Crippen molar-refractivity contribution in [1.29, 1.82) is 0 Å². The van der Waals surface area contributed by atoms with Crippen molar-refractivity contribution in [2.24, 2.45) is 0 Å². The Morgan fingerprint density at radius 2 is 2.09 bits per heavy atom. The molecule has 0 bridgehead atoms. The smallest absolute Gasteiger partial charge is 0.335 e. The molecule has 7 heteroatoms. The number of carbonyl (C=O) groups excluding carboxylic acids is 1. The largest absolute Gasteiger partial charge is 0.478 e. The summed E-state index contributed by atoms with van der Waals surface area (Å²) >= 11 is 1.57. The summed E-state index contributed by atoms with van der Waals surface area (Å²) in [6.07, 6.45) is 0.623. The maximum absolute atomic E-state index is 13.7. The molecule has 0 unspecified atom stereocenters. The monoisotopic (exact) mass is 322 g/mol. The van der Waals surface area contributed by atoms with Gasteiger partial charge in [-0.25, -0.2) is 14.2 Å². The van der Waals surface area contributed by atoms with Crippen molar-refractivity contribution in [3.05, 3.63) is 50.7 Å². The van der Waals surface area contributed by atoms with E-state index in [1.807, 2.05) is 13.8 Å². The summed E-state index contributed by atoms with van der Waals surface area (Å²) in [5.41, 5.74) is 0.584. The molecule has 0 radical (unpaired) electrons. The first kappa shape index (κ1) is 16.1. The van der Waals surface area contributed by atoms with Crippen molar-refractivity contribution < 1.29 is 19.1 Å². The maximum atomic E-state index is 13.7. The van der Waals surface area contributed by atoms with Crippen LogP contribution in [0.5, 0.6) is 0 Å². The molecule has 0 saturated heterocycles. The molecule has 5 nitrogen and oxygen atoms in total. The fourth-order valence-corrected chi connectivity index (χ4v) is 2.96. The number of amides is 1. The molecule has 2 aromatic rings. The third kappa shape index (κ3) is 3.67. The number of carbonyl (C=O) groups is 2. The van der Waals surface area contributed by atoms with E-state index >= 15 is 0 Å². The third-order valence-corrected chi connectivity index (χ3v) is 4.23. The number of carboxylic acids is 1. The van der Waals surface area contributed by atoms with E-state index < -0.39 is 17.7 Å². The summed E-state index contributed by atoms with van der Waals surface area (Å²) in [5.74, 6) is -2.64. The zero-order chi connectivity index (χ0) is 16.3. The minimum Gasteiger partial charge on any atom is -0.478 e. The number of benzene rings is 1. The highest BCUT2D eigenvalue weighted by atomic mass is 32.1. The predicted molar refractivity (Wildman–Crippen MR) is 81.0 cm³/mol. The van der Waals surface area contributed by atoms with Crippen LogP contribution in [0.25, 0.3) is 0 Å². The second-order valence-corrected chi connectivity index (χ2v) is 6.03. The van der Waals surface area contributed by atoms with Crippen molar-refractivity contribution in [3.63, 3.8) is 0 Å². The van der Waals surface area contributed by atoms with Crippen molar-refractivity contribution in [2.45, 2.75) is 20.3 Å². The molecule has 0 aliphatic carbocycles. The quantitative estimate of drug-likeness (QED) is 0.887. The highest BCUT2D eigenvalue weighted by molar-refractivity contribution is 7.11. The number of thiazole rings is 1. The van der Waals surface area contributed by atoms with E-state index in [0.29, 0.717) is 13.0 Å². The lowest BCUT2D eigenvalue weighted by Crippen LogP contribution is -2.26. The molecular formula is C15H15FN2O3S. The number of aromatic carboxylic acids is 1. The van der Waals surface area contributed by atoms with Gasteiger partial charge in [-0.3, -0.25) is 4.79 Å². The molecule has 1 aromatic carbocycles. The Bertz CT molecular complexity index is 728. The molecule has 0 spiro atoms. The molecule has 116 valence electrons. The fraction of sp³-hybridized carbons (Fsp3) is 0.267. The van der Waals surface area contributed by atoms with Gasteiger partial charge in [-0.05, 0) is 32.0 Å². The van der Waals surface area contributed by atoms with Crippen LogP contribution in [0.4, 0.5) is 4.39 Å². The van der Waals surface area contributed by atoms with Crippen LogP contribution >= 0.6 is 11.3 Å². The Morgan fingerprint density at radius 1 is 1.36 bits per heavy atom. The summed E-state index contributed by atoms with van der Waals surface area (Å²) in [5, 5.41) is 12.4. The van der Waals surface area contributed by atoms with Crippen LogP contribution in [0.2, 0.25) is 0 Å². The molecule has 1 aromatic heterocycles. The lowest BCUT2D eigenvalue weighted by atomic mass is 10.1. The number of aromatic nitrogens is 1. The first-order valence-corrected chi connectivity index (χ1v) is 7.44. The summed E-state index contributed by atoms with van der Waals surface area (Å²) in [6.45, 7) is 4.19. The second-order valence-electron chi connectivity index (χ2n) is 4.75. The zero-order valence-corrected chi connectivity index (χ0v) is 13.0. The lowest BCUT2D eigenvalue weighted by Gasteiger charge is -2.06. The Hall–Kier alpha value is -2.28. The molecule has 0 fully saturated rings. The van der Waals surface area contributed by atoms with E-state index in [1.54, 1.807) is 11.3 Å². The maximum Gasteiger partial charge on any atom is 0.335 e. The van der Waals surface area contributed by atoms with Gasteiger partial charge >= 0.3 is 5.97 Å². The summed E-state index contributed by atoms with van der Waals surface area (Å²) in [4.78, 5) is 28.0. The molecule has 22 heavy (non-hydrogen) atoms. The minimum absolute atomic E-state index is 0.165. The predicted octanol–water partition coefficient (Wildman–Crippen LogP) is 2.57. The second kappa shape index (κ2) is 6.65. The number of halogens is 1. The standard InChI is InChI=1S/C15H15FN2O3S/c1-8-13(22-9(2)18-8)5-6-17-14(19)11-4-3-10(15(20)21)7-12(11)16/h3-4,7H,5-6H2,1-2H3,(H,17,19)(H,20,21). The number of nitrogens with zero attached hydrogens (tertiary/aromatic N) is 1. The van der Waals surface area contributed by atoms with Gasteiger partial charge in [0.05, 0.1) is 21.8 Å². The van der Waals surface area contributed by atoms with E-state index in [0.717, 1.165) is 21.6 Å². The average Bonchev–Trinajstić information content (AvgIpc) is 2.76. The van der Waals surface area contributed by atoms with Crippen molar-refractivity contribution >= 4 is 23.2 Å². The van der Waals surface area contributed by atoms with E-state index in [4.69, 9.17) is 5.11 Å². The van der Waals surface area contributed by atoms with Gasteiger partial charge in [0.15, 0.2) is 0 Å². The number of aryl methyl sites for hydroxylation is 2. The van der Waals surface area contributed by atoms with Crippen LogP contribution < -0.4 is 5.32 Å². The zero-order valence-electron chi connectivity index (χ0n) is 12.1. The average molecular weight is 322 g/mol. The molecule has 0 atom stereocenters. The molecular weight excluding hydrogens is 307 g/mol. The highest BCUT2D eigenvalue weighted by Crippen LogP contribution is 2.17. The van der Waals surface area contributed by atoms with Gasteiger partial charge in [-0.15, -0.1) is 11.3 Å². The Labute approximate surface area is 130 Å². The third-order valence-electron chi connectivity index (χ3n) is 3.10. The lowest BCUT2D eigenvalue weighted by molar-refractivity contribution is 0.0695. The van der Waals surface area contributed by atoms with Gasteiger partial charge in [-0.2, -0.15) is 0 Å². The number of hydrogen-bond acceptors (Lipinski definition) is 4. The number of rotatable bonds is 5. The number of carboxylic acid groups (broad SMARTS) is 1. The Balaban J connectivity index is 1.98. The molecule has 1 amide bonds. The van der Waals surface area contributed by atoms with Crippen molar-refractivity contribution in [1.82, 2.24) is 10.3 Å². The summed E-state index contributed by atoms with van der Waals surface area (Å²) < 4.78 is 13.7. The van der Waals surface area contributed by atoms with Crippen LogP contribution in [0.15, 0.2) is 18.2 Å². The number of hydrogen-bond donors (Lipinski definition) is 2. The molecule has 0 aliphatic rings.